The van der Waals surface area contributed by atoms with E-state index < -0.39 is 27.0 Å². The van der Waals surface area contributed by atoms with Crippen LogP contribution < -0.4 is 4.74 Å². The average molecular weight is 401 g/mol. The number of hydrogen-bond acceptors (Lipinski definition) is 4. The van der Waals surface area contributed by atoms with Crippen molar-refractivity contribution in [2.75, 3.05) is 7.05 Å². The molecule has 0 amide bonds. The number of sulfonamides is 1. The molecule has 0 bridgehead atoms. The molecule has 0 saturated heterocycles. The van der Waals surface area contributed by atoms with E-state index in [9.17, 15) is 21.6 Å². The fourth-order valence-electron chi connectivity index (χ4n) is 2.52. The molecule has 3 aromatic rings. The van der Waals surface area contributed by atoms with Gasteiger partial charge in [-0.25, -0.2) is 8.42 Å². The summed E-state index contributed by atoms with van der Waals surface area (Å²) in [6.07, 6.45) is -4.98. The van der Waals surface area contributed by atoms with Gasteiger partial charge in [0.25, 0.3) is 0 Å². The van der Waals surface area contributed by atoms with E-state index in [4.69, 9.17) is 0 Å². The Morgan fingerprint density at radius 3 is 2.46 bits per heavy atom. The Kier molecular flexibility index (Phi) is 4.96. The zero-order valence-electron chi connectivity index (χ0n) is 13.5. The van der Waals surface area contributed by atoms with E-state index in [0.29, 0.717) is 0 Å². The third kappa shape index (κ3) is 3.84. The zero-order valence-corrected chi connectivity index (χ0v) is 15.2. The summed E-state index contributed by atoms with van der Waals surface area (Å²) >= 11 is 1.48. The van der Waals surface area contributed by atoms with Crippen molar-refractivity contribution in [2.24, 2.45) is 0 Å². The molecule has 0 aliphatic carbocycles. The third-order valence-corrected chi connectivity index (χ3v) is 6.57. The number of rotatable bonds is 5. The minimum Gasteiger partial charge on any atom is -0.404 e. The van der Waals surface area contributed by atoms with E-state index in [-0.39, 0.29) is 6.54 Å². The first-order chi connectivity index (χ1) is 12.2. The number of hydrogen-bond donors (Lipinski definition) is 0. The first-order valence-electron chi connectivity index (χ1n) is 7.45. The fraction of sp³-hybridized carbons (Fsp3) is 0.176. The van der Waals surface area contributed by atoms with Gasteiger partial charge in [-0.3, -0.25) is 0 Å². The van der Waals surface area contributed by atoms with Gasteiger partial charge in [0.15, 0.2) is 0 Å². The summed E-state index contributed by atoms with van der Waals surface area (Å²) in [6.45, 7) is 0.0344. The van der Waals surface area contributed by atoms with Crippen LogP contribution in [0.4, 0.5) is 13.2 Å². The maximum Gasteiger partial charge on any atom is 0.573 e. The predicted octanol–water partition coefficient (Wildman–Crippen LogP) is 4.62. The standard InChI is InChI=1S/C17H14F3NO3S2/c1-21(10-12-11-25-15-8-4-2-6-13(12)15)26(22,23)16-9-5-3-7-14(16)24-17(18,19)20/h2-9,11H,10H2,1H3. The molecule has 0 aliphatic heterocycles. The van der Waals surface area contributed by atoms with Gasteiger partial charge in [0.2, 0.25) is 10.0 Å². The Bertz CT molecular complexity index is 1030. The van der Waals surface area contributed by atoms with E-state index in [1.165, 1.54) is 30.5 Å². The molecular weight excluding hydrogens is 387 g/mol. The van der Waals surface area contributed by atoms with Crippen LogP contribution in [0.5, 0.6) is 5.75 Å². The number of fused-ring (bicyclic) bond motifs is 1. The molecule has 0 radical (unpaired) electrons. The van der Waals surface area contributed by atoms with Crippen LogP contribution in [-0.2, 0) is 16.6 Å². The normalized spacial score (nSPS) is 12.7. The SMILES string of the molecule is CN(Cc1csc2ccccc12)S(=O)(=O)c1ccccc1OC(F)(F)F. The van der Waals surface area contributed by atoms with Gasteiger partial charge in [0.05, 0.1) is 0 Å². The summed E-state index contributed by atoms with van der Waals surface area (Å²) in [6, 6.07) is 12.2. The van der Waals surface area contributed by atoms with Crippen molar-refractivity contribution in [2.45, 2.75) is 17.8 Å². The molecule has 1 heterocycles. The largest absolute Gasteiger partial charge is 0.573 e. The molecule has 0 aliphatic rings. The number of nitrogens with zero attached hydrogens (tertiary/aromatic N) is 1. The lowest BCUT2D eigenvalue weighted by molar-refractivity contribution is -0.275. The van der Waals surface area contributed by atoms with Crippen LogP contribution in [0.15, 0.2) is 58.8 Å². The van der Waals surface area contributed by atoms with Gasteiger partial charge in [-0.2, -0.15) is 4.31 Å². The molecule has 0 saturated carbocycles. The minimum absolute atomic E-state index is 0.0344. The van der Waals surface area contributed by atoms with Crippen molar-refractivity contribution in [3.63, 3.8) is 0 Å². The highest BCUT2D eigenvalue weighted by Crippen LogP contribution is 2.32. The highest BCUT2D eigenvalue weighted by atomic mass is 32.2. The Balaban J connectivity index is 1.93. The molecule has 0 spiro atoms. The van der Waals surface area contributed by atoms with Crippen molar-refractivity contribution in [3.8, 4) is 5.75 Å². The molecule has 3 rings (SSSR count). The number of alkyl halides is 3. The Labute approximate surface area is 152 Å². The molecule has 0 atom stereocenters. The molecule has 138 valence electrons. The van der Waals surface area contributed by atoms with Crippen LogP contribution in [0.2, 0.25) is 0 Å². The van der Waals surface area contributed by atoms with Crippen molar-refractivity contribution in [1.29, 1.82) is 0 Å². The second kappa shape index (κ2) is 6.90. The monoisotopic (exact) mass is 401 g/mol. The van der Waals surface area contributed by atoms with Crippen LogP contribution >= 0.6 is 11.3 Å². The number of halogens is 3. The maximum absolute atomic E-state index is 12.8. The molecule has 1 aromatic heterocycles. The van der Waals surface area contributed by atoms with Gasteiger partial charge < -0.3 is 4.74 Å². The Morgan fingerprint density at radius 2 is 1.73 bits per heavy atom. The molecule has 9 heteroatoms. The third-order valence-electron chi connectivity index (χ3n) is 3.72. The summed E-state index contributed by atoms with van der Waals surface area (Å²) in [4.78, 5) is -0.528. The first-order valence-corrected chi connectivity index (χ1v) is 9.77. The second-order valence-corrected chi connectivity index (χ2v) is 8.44. The van der Waals surface area contributed by atoms with Gasteiger partial charge >= 0.3 is 6.36 Å². The van der Waals surface area contributed by atoms with Gasteiger partial charge in [-0.15, -0.1) is 24.5 Å². The molecule has 0 N–H and O–H groups in total. The summed E-state index contributed by atoms with van der Waals surface area (Å²) in [7, 11) is -2.85. The van der Waals surface area contributed by atoms with Crippen molar-refractivity contribution in [1.82, 2.24) is 4.31 Å². The lowest BCUT2D eigenvalue weighted by atomic mass is 10.2. The van der Waals surface area contributed by atoms with Crippen LogP contribution in [0.1, 0.15) is 5.56 Å². The Hall–Kier alpha value is -2.10. The van der Waals surface area contributed by atoms with Crippen molar-refractivity contribution in [3.05, 3.63) is 59.5 Å². The first kappa shape index (κ1) is 18.7. The number of ether oxygens (including phenoxy) is 1. The highest BCUT2D eigenvalue weighted by molar-refractivity contribution is 7.89. The summed E-state index contributed by atoms with van der Waals surface area (Å²) in [5, 5.41) is 2.76. The van der Waals surface area contributed by atoms with Crippen molar-refractivity contribution >= 4 is 31.4 Å². The quantitative estimate of drug-likeness (QED) is 0.627. The summed E-state index contributed by atoms with van der Waals surface area (Å²) in [5.74, 6) is -0.748. The van der Waals surface area contributed by atoms with Gasteiger partial charge in [-0.05, 0) is 34.5 Å². The average Bonchev–Trinajstić information content (AvgIpc) is 2.97. The maximum atomic E-state index is 12.8. The van der Waals surface area contributed by atoms with Gasteiger partial charge in [0.1, 0.15) is 10.6 Å². The number of para-hydroxylation sites is 1. The fourth-order valence-corrected chi connectivity index (χ4v) is 4.73. The van der Waals surface area contributed by atoms with Crippen LogP contribution in [0, 0.1) is 0 Å². The van der Waals surface area contributed by atoms with Gasteiger partial charge in [-0.1, -0.05) is 30.3 Å². The summed E-state index contributed by atoms with van der Waals surface area (Å²) < 4.78 is 69.1. The topological polar surface area (TPSA) is 46.6 Å². The minimum atomic E-state index is -4.98. The van der Waals surface area contributed by atoms with Crippen LogP contribution in [-0.4, -0.2) is 26.1 Å². The smallest absolute Gasteiger partial charge is 0.404 e. The lowest BCUT2D eigenvalue weighted by Crippen LogP contribution is -2.28. The lowest BCUT2D eigenvalue weighted by Gasteiger charge is -2.19. The molecular formula is C17H14F3NO3S2. The number of benzene rings is 2. The van der Waals surface area contributed by atoms with E-state index in [0.717, 1.165) is 32.1 Å². The van der Waals surface area contributed by atoms with Crippen molar-refractivity contribution < 1.29 is 26.3 Å². The van der Waals surface area contributed by atoms with E-state index in [2.05, 4.69) is 4.74 Å². The molecule has 0 unspecified atom stereocenters. The molecule has 26 heavy (non-hydrogen) atoms. The number of thiophene rings is 1. The van der Waals surface area contributed by atoms with Crippen LogP contribution in [0.3, 0.4) is 0 Å². The highest BCUT2D eigenvalue weighted by Gasteiger charge is 2.35. The summed E-state index contributed by atoms with van der Waals surface area (Å²) in [5.41, 5.74) is 0.783. The molecule has 4 nitrogen and oxygen atoms in total. The van der Waals surface area contributed by atoms with E-state index in [1.807, 2.05) is 29.6 Å². The zero-order chi connectivity index (χ0) is 18.9. The predicted molar refractivity (Wildman–Crippen MR) is 93.6 cm³/mol. The Morgan fingerprint density at radius 1 is 1.08 bits per heavy atom. The van der Waals surface area contributed by atoms with Crippen LogP contribution in [0.25, 0.3) is 10.1 Å². The molecule has 0 fully saturated rings. The van der Waals surface area contributed by atoms with E-state index in [1.54, 1.807) is 0 Å². The van der Waals surface area contributed by atoms with E-state index >= 15 is 0 Å². The van der Waals surface area contributed by atoms with Gasteiger partial charge in [0, 0.05) is 18.3 Å². The molecule has 2 aromatic carbocycles. The second-order valence-electron chi connectivity index (χ2n) is 5.51.